The Morgan fingerprint density at radius 1 is 1.50 bits per heavy atom. The molecule has 0 aromatic carbocycles. The SMILES string of the molecule is CCOC(=O)c1nn(C2CCCCC2)c(N)c1Cl. The molecule has 1 aliphatic rings. The van der Waals surface area contributed by atoms with E-state index < -0.39 is 5.97 Å². The number of esters is 1. The van der Waals surface area contributed by atoms with Crippen molar-refractivity contribution in [2.75, 3.05) is 12.3 Å². The summed E-state index contributed by atoms with van der Waals surface area (Å²) in [5.41, 5.74) is 6.06. The largest absolute Gasteiger partial charge is 0.461 e. The lowest BCUT2D eigenvalue weighted by Crippen LogP contribution is -2.16. The molecular formula is C12H18ClN3O2. The van der Waals surface area contributed by atoms with Gasteiger partial charge in [-0.3, -0.25) is 0 Å². The van der Waals surface area contributed by atoms with Crippen molar-refractivity contribution in [2.45, 2.75) is 45.1 Å². The lowest BCUT2D eigenvalue weighted by atomic mass is 9.96. The normalized spacial score (nSPS) is 16.8. The summed E-state index contributed by atoms with van der Waals surface area (Å²) >= 11 is 6.05. The van der Waals surface area contributed by atoms with Gasteiger partial charge in [-0.1, -0.05) is 30.9 Å². The third-order valence-corrected chi connectivity index (χ3v) is 3.65. The zero-order chi connectivity index (χ0) is 13.1. The molecule has 18 heavy (non-hydrogen) atoms. The second-order valence-electron chi connectivity index (χ2n) is 4.50. The van der Waals surface area contributed by atoms with E-state index in [4.69, 9.17) is 22.1 Å². The minimum atomic E-state index is -0.510. The second-order valence-corrected chi connectivity index (χ2v) is 4.88. The Labute approximate surface area is 111 Å². The van der Waals surface area contributed by atoms with Crippen molar-refractivity contribution in [1.29, 1.82) is 0 Å². The van der Waals surface area contributed by atoms with Crippen molar-refractivity contribution in [1.82, 2.24) is 9.78 Å². The van der Waals surface area contributed by atoms with Crippen LogP contribution in [-0.4, -0.2) is 22.4 Å². The molecule has 5 nitrogen and oxygen atoms in total. The number of ether oxygens (including phenoxy) is 1. The molecule has 2 rings (SSSR count). The van der Waals surface area contributed by atoms with E-state index in [2.05, 4.69) is 5.10 Å². The van der Waals surface area contributed by atoms with E-state index in [1.807, 2.05) is 0 Å². The van der Waals surface area contributed by atoms with Gasteiger partial charge in [-0.2, -0.15) is 5.10 Å². The molecule has 1 aromatic rings. The maximum absolute atomic E-state index is 11.7. The summed E-state index contributed by atoms with van der Waals surface area (Å²) < 4.78 is 6.60. The standard InChI is InChI=1S/C12H18ClN3O2/c1-2-18-12(17)10-9(13)11(14)16(15-10)8-6-4-3-5-7-8/h8H,2-7,14H2,1H3. The molecular weight excluding hydrogens is 254 g/mol. The van der Waals surface area contributed by atoms with Crippen molar-refractivity contribution in [2.24, 2.45) is 0 Å². The summed E-state index contributed by atoms with van der Waals surface area (Å²) in [6, 6.07) is 0.249. The molecule has 1 heterocycles. The lowest BCUT2D eigenvalue weighted by molar-refractivity contribution is 0.0518. The Kier molecular flexibility index (Phi) is 4.11. The first-order valence-corrected chi connectivity index (χ1v) is 6.73. The van der Waals surface area contributed by atoms with Crippen LogP contribution in [0.5, 0.6) is 0 Å². The van der Waals surface area contributed by atoms with Crippen LogP contribution < -0.4 is 5.73 Å². The van der Waals surface area contributed by atoms with Gasteiger partial charge in [-0.05, 0) is 19.8 Å². The number of carbonyl (C=O) groups is 1. The van der Waals surface area contributed by atoms with Gasteiger partial charge in [0.25, 0.3) is 0 Å². The Bertz CT molecular complexity index is 439. The van der Waals surface area contributed by atoms with E-state index >= 15 is 0 Å². The van der Waals surface area contributed by atoms with Gasteiger partial charge >= 0.3 is 5.97 Å². The predicted molar refractivity (Wildman–Crippen MR) is 69.7 cm³/mol. The van der Waals surface area contributed by atoms with Crippen LogP contribution in [0.15, 0.2) is 0 Å². The van der Waals surface area contributed by atoms with Crippen LogP contribution in [-0.2, 0) is 4.74 Å². The molecule has 1 fully saturated rings. The van der Waals surface area contributed by atoms with Crippen molar-refractivity contribution < 1.29 is 9.53 Å². The molecule has 1 aromatic heterocycles. The number of aromatic nitrogens is 2. The summed E-state index contributed by atoms with van der Waals surface area (Å²) in [7, 11) is 0. The number of nitrogens with zero attached hydrogens (tertiary/aromatic N) is 2. The van der Waals surface area contributed by atoms with Crippen LogP contribution in [0.4, 0.5) is 5.82 Å². The van der Waals surface area contributed by atoms with Gasteiger partial charge < -0.3 is 10.5 Å². The van der Waals surface area contributed by atoms with Gasteiger partial charge in [0, 0.05) is 0 Å². The van der Waals surface area contributed by atoms with Crippen LogP contribution in [0.25, 0.3) is 0 Å². The van der Waals surface area contributed by atoms with E-state index in [0.717, 1.165) is 25.7 Å². The number of halogens is 1. The van der Waals surface area contributed by atoms with E-state index in [-0.39, 0.29) is 16.8 Å². The summed E-state index contributed by atoms with van der Waals surface area (Å²) in [4.78, 5) is 11.7. The third kappa shape index (κ3) is 2.46. The minimum absolute atomic E-state index is 0.126. The topological polar surface area (TPSA) is 70.1 Å². The molecule has 0 aliphatic heterocycles. The molecule has 1 saturated carbocycles. The number of hydrogen-bond acceptors (Lipinski definition) is 4. The van der Waals surface area contributed by atoms with Crippen LogP contribution in [0.1, 0.15) is 55.6 Å². The van der Waals surface area contributed by atoms with Crippen molar-refractivity contribution >= 4 is 23.4 Å². The summed E-state index contributed by atoms with van der Waals surface area (Å²) in [5.74, 6) is -0.143. The molecule has 0 radical (unpaired) electrons. The maximum Gasteiger partial charge on any atom is 0.360 e. The number of anilines is 1. The highest BCUT2D eigenvalue weighted by molar-refractivity contribution is 6.35. The maximum atomic E-state index is 11.7. The highest BCUT2D eigenvalue weighted by Gasteiger charge is 2.25. The first-order valence-electron chi connectivity index (χ1n) is 6.35. The predicted octanol–water partition coefficient (Wildman–Crippen LogP) is 2.80. The smallest absolute Gasteiger partial charge is 0.360 e. The zero-order valence-corrected chi connectivity index (χ0v) is 11.2. The van der Waals surface area contributed by atoms with E-state index in [1.54, 1.807) is 11.6 Å². The van der Waals surface area contributed by atoms with Crippen LogP contribution in [0.2, 0.25) is 5.02 Å². The summed E-state index contributed by atoms with van der Waals surface area (Å²) in [6.07, 6.45) is 5.64. The fraction of sp³-hybridized carbons (Fsp3) is 0.667. The van der Waals surface area contributed by atoms with Gasteiger partial charge in [0.2, 0.25) is 0 Å². The Balaban J connectivity index is 2.26. The van der Waals surface area contributed by atoms with Gasteiger partial charge in [0.1, 0.15) is 10.8 Å². The molecule has 0 unspecified atom stereocenters. The highest BCUT2D eigenvalue weighted by Crippen LogP contribution is 2.33. The minimum Gasteiger partial charge on any atom is -0.461 e. The zero-order valence-electron chi connectivity index (χ0n) is 10.5. The second kappa shape index (κ2) is 5.61. The van der Waals surface area contributed by atoms with Crippen LogP contribution in [0.3, 0.4) is 0 Å². The number of nitrogen functional groups attached to an aromatic ring is 1. The van der Waals surface area contributed by atoms with Crippen molar-refractivity contribution in [3.05, 3.63) is 10.7 Å². The Hall–Kier alpha value is -1.23. The van der Waals surface area contributed by atoms with Gasteiger partial charge in [0.05, 0.1) is 12.6 Å². The fourth-order valence-electron chi connectivity index (χ4n) is 2.36. The molecule has 2 N–H and O–H groups in total. The quantitative estimate of drug-likeness (QED) is 0.858. The first-order chi connectivity index (χ1) is 8.65. The van der Waals surface area contributed by atoms with Crippen molar-refractivity contribution in [3.8, 4) is 0 Å². The molecule has 1 aliphatic carbocycles. The highest BCUT2D eigenvalue weighted by atomic mass is 35.5. The molecule has 6 heteroatoms. The van der Waals surface area contributed by atoms with Gasteiger partial charge in [-0.25, -0.2) is 9.48 Å². The molecule has 100 valence electrons. The molecule has 0 spiro atoms. The molecule has 0 atom stereocenters. The number of rotatable bonds is 3. The fourth-order valence-corrected chi connectivity index (χ4v) is 2.56. The van der Waals surface area contributed by atoms with Gasteiger partial charge in [0.15, 0.2) is 5.69 Å². The number of carbonyl (C=O) groups excluding carboxylic acids is 1. The van der Waals surface area contributed by atoms with Crippen molar-refractivity contribution in [3.63, 3.8) is 0 Å². The number of hydrogen-bond donors (Lipinski definition) is 1. The first kappa shape index (κ1) is 13.2. The van der Waals surface area contributed by atoms with E-state index in [0.29, 0.717) is 12.4 Å². The molecule has 0 bridgehead atoms. The lowest BCUT2D eigenvalue weighted by Gasteiger charge is -2.22. The van der Waals surface area contributed by atoms with Gasteiger partial charge in [-0.15, -0.1) is 0 Å². The Morgan fingerprint density at radius 3 is 2.78 bits per heavy atom. The summed E-state index contributed by atoms with van der Waals surface area (Å²) in [5, 5.41) is 4.44. The molecule has 0 saturated heterocycles. The van der Waals surface area contributed by atoms with E-state index in [9.17, 15) is 4.79 Å². The average Bonchev–Trinajstić information content (AvgIpc) is 2.68. The van der Waals surface area contributed by atoms with E-state index in [1.165, 1.54) is 6.42 Å². The monoisotopic (exact) mass is 271 g/mol. The summed E-state index contributed by atoms with van der Waals surface area (Å²) in [6.45, 7) is 2.04. The van der Waals surface area contributed by atoms with Crippen LogP contribution >= 0.6 is 11.6 Å². The number of nitrogens with two attached hydrogens (primary N) is 1. The Morgan fingerprint density at radius 2 is 2.17 bits per heavy atom. The third-order valence-electron chi connectivity index (χ3n) is 3.28. The molecule has 0 amide bonds. The van der Waals surface area contributed by atoms with Crippen LogP contribution in [0, 0.1) is 0 Å². The average molecular weight is 272 g/mol.